The number of carbonyl (C=O) groups excluding carboxylic acids is 1. The van der Waals surface area contributed by atoms with Gasteiger partial charge in [0.2, 0.25) is 0 Å². The van der Waals surface area contributed by atoms with Gasteiger partial charge in [-0.15, -0.1) is 0 Å². The molecule has 2 heterocycles. The van der Waals surface area contributed by atoms with Gasteiger partial charge in [0, 0.05) is 43.5 Å². The fourth-order valence-corrected chi connectivity index (χ4v) is 2.43. The van der Waals surface area contributed by atoms with Crippen molar-refractivity contribution >= 4 is 6.03 Å². The Morgan fingerprint density at radius 1 is 1.50 bits per heavy atom. The van der Waals surface area contributed by atoms with Gasteiger partial charge < -0.3 is 15.1 Å². The number of nitrogens with zero attached hydrogens (tertiary/aromatic N) is 3. The number of urea groups is 1. The van der Waals surface area contributed by atoms with Gasteiger partial charge in [0.1, 0.15) is 0 Å². The Bertz CT molecular complexity index is 429. The molecule has 1 aromatic rings. The summed E-state index contributed by atoms with van der Waals surface area (Å²) >= 11 is 0. The van der Waals surface area contributed by atoms with E-state index in [9.17, 15) is 4.79 Å². The van der Waals surface area contributed by atoms with Crippen LogP contribution >= 0.6 is 0 Å². The topological polar surface area (TPSA) is 48.5 Å². The minimum absolute atomic E-state index is 0.0471. The lowest BCUT2D eigenvalue weighted by Gasteiger charge is -2.39. The minimum Gasteiger partial charge on any atom is -0.334 e. The van der Waals surface area contributed by atoms with Crippen molar-refractivity contribution in [1.82, 2.24) is 20.1 Å². The molecule has 1 fully saturated rings. The number of likely N-dealkylation sites (tertiary alicyclic amines) is 1. The van der Waals surface area contributed by atoms with Crippen molar-refractivity contribution in [3.63, 3.8) is 0 Å². The third-order valence-corrected chi connectivity index (χ3v) is 3.68. The first-order valence-corrected chi connectivity index (χ1v) is 7.21. The van der Waals surface area contributed by atoms with Crippen LogP contribution in [-0.2, 0) is 0 Å². The highest BCUT2D eigenvalue weighted by molar-refractivity contribution is 5.75. The lowest BCUT2D eigenvalue weighted by molar-refractivity contribution is 0.144. The van der Waals surface area contributed by atoms with Crippen LogP contribution in [-0.4, -0.2) is 60.6 Å². The van der Waals surface area contributed by atoms with Crippen LogP contribution in [0.25, 0.3) is 0 Å². The van der Waals surface area contributed by atoms with Crippen molar-refractivity contribution < 1.29 is 4.79 Å². The van der Waals surface area contributed by atoms with Crippen molar-refractivity contribution in [2.75, 3.05) is 33.7 Å². The number of likely N-dealkylation sites (N-methyl/N-ethyl adjacent to an activating group) is 1. The predicted octanol–water partition coefficient (Wildman–Crippen LogP) is 1.53. The van der Waals surface area contributed by atoms with Gasteiger partial charge in [-0.05, 0) is 32.6 Å². The van der Waals surface area contributed by atoms with Gasteiger partial charge in [-0.2, -0.15) is 0 Å². The van der Waals surface area contributed by atoms with Crippen LogP contribution in [0.4, 0.5) is 4.79 Å². The van der Waals surface area contributed by atoms with Crippen LogP contribution in [0.2, 0.25) is 0 Å². The second-order valence-corrected chi connectivity index (χ2v) is 5.67. The highest BCUT2D eigenvalue weighted by atomic mass is 16.2. The Morgan fingerprint density at radius 2 is 2.25 bits per heavy atom. The summed E-state index contributed by atoms with van der Waals surface area (Å²) in [5.74, 6) is 0.385. The Kier molecular flexibility index (Phi) is 4.95. The maximum absolute atomic E-state index is 12.1. The van der Waals surface area contributed by atoms with E-state index in [1.54, 1.807) is 0 Å². The second kappa shape index (κ2) is 6.70. The number of pyridine rings is 1. The van der Waals surface area contributed by atoms with Gasteiger partial charge in [0.25, 0.3) is 0 Å². The number of nitrogens with one attached hydrogen (secondary N) is 1. The fraction of sp³-hybridized carbons (Fsp3) is 0.600. The molecule has 1 saturated heterocycles. The van der Waals surface area contributed by atoms with Crippen LogP contribution in [0.3, 0.4) is 0 Å². The molecular formula is C15H24N4O. The maximum atomic E-state index is 12.1. The standard InChI is InChI=1S/C15H24N4O/c1-4-13(11-18(2)3)17-15(20)19-9-12(10-19)14-7-5-6-8-16-14/h5-8,12-13H,4,9-11H2,1-3H3,(H,17,20)/t13-/m0/s1. The van der Waals surface area contributed by atoms with E-state index in [0.717, 1.165) is 31.7 Å². The van der Waals surface area contributed by atoms with Crippen molar-refractivity contribution in [2.24, 2.45) is 0 Å². The van der Waals surface area contributed by atoms with Gasteiger partial charge in [-0.3, -0.25) is 4.98 Å². The first-order valence-electron chi connectivity index (χ1n) is 7.21. The minimum atomic E-state index is 0.0471. The van der Waals surface area contributed by atoms with Gasteiger partial charge in [-0.1, -0.05) is 13.0 Å². The number of rotatable bonds is 5. The van der Waals surface area contributed by atoms with E-state index in [0.29, 0.717) is 5.92 Å². The van der Waals surface area contributed by atoms with E-state index >= 15 is 0 Å². The Hall–Kier alpha value is -1.62. The molecule has 1 aliphatic rings. The highest BCUT2D eigenvalue weighted by Gasteiger charge is 2.33. The average molecular weight is 276 g/mol. The summed E-state index contributed by atoms with van der Waals surface area (Å²) in [7, 11) is 4.05. The molecule has 110 valence electrons. The third-order valence-electron chi connectivity index (χ3n) is 3.68. The number of aromatic nitrogens is 1. The lowest BCUT2D eigenvalue weighted by atomic mass is 9.96. The molecule has 2 amide bonds. The molecule has 0 spiro atoms. The van der Waals surface area contributed by atoms with Crippen molar-refractivity contribution in [1.29, 1.82) is 0 Å². The SMILES string of the molecule is CC[C@@H](CN(C)C)NC(=O)N1CC(c2ccccn2)C1. The normalized spacial score (nSPS) is 16.9. The van der Waals surface area contributed by atoms with Gasteiger partial charge >= 0.3 is 6.03 Å². The molecule has 5 heteroatoms. The highest BCUT2D eigenvalue weighted by Crippen LogP contribution is 2.25. The number of carbonyl (C=O) groups is 1. The molecule has 0 aliphatic carbocycles. The van der Waals surface area contributed by atoms with Crippen LogP contribution < -0.4 is 5.32 Å². The van der Waals surface area contributed by atoms with E-state index in [-0.39, 0.29) is 12.1 Å². The summed E-state index contributed by atoms with van der Waals surface area (Å²) in [6.45, 7) is 4.50. The molecule has 5 nitrogen and oxygen atoms in total. The maximum Gasteiger partial charge on any atom is 0.317 e. The summed E-state index contributed by atoms with van der Waals surface area (Å²) in [6.07, 6.45) is 2.75. The summed E-state index contributed by atoms with van der Waals surface area (Å²) in [4.78, 5) is 20.4. The zero-order valence-corrected chi connectivity index (χ0v) is 12.5. The monoisotopic (exact) mass is 276 g/mol. The summed E-state index contributed by atoms with van der Waals surface area (Å²) < 4.78 is 0. The largest absolute Gasteiger partial charge is 0.334 e. The molecule has 1 atom stereocenters. The first kappa shape index (κ1) is 14.8. The van der Waals surface area contributed by atoms with Crippen molar-refractivity contribution in [3.05, 3.63) is 30.1 Å². The van der Waals surface area contributed by atoms with E-state index < -0.39 is 0 Å². The van der Waals surface area contributed by atoms with Crippen LogP contribution in [0.15, 0.2) is 24.4 Å². The molecule has 20 heavy (non-hydrogen) atoms. The number of hydrogen-bond acceptors (Lipinski definition) is 3. The quantitative estimate of drug-likeness (QED) is 0.887. The van der Waals surface area contributed by atoms with E-state index in [4.69, 9.17) is 0 Å². The van der Waals surface area contributed by atoms with Crippen LogP contribution in [0.5, 0.6) is 0 Å². The van der Waals surface area contributed by atoms with Gasteiger partial charge in [0.05, 0.1) is 0 Å². The van der Waals surface area contributed by atoms with E-state index in [1.807, 2.05) is 43.4 Å². The molecule has 0 unspecified atom stereocenters. The molecule has 1 aliphatic heterocycles. The molecule has 1 N–H and O–H groups in total. The molecule has 0 radical (unpaired) electrons. The summed E-state index contributed by atoms with van der Waals surface area (Å²) in [5.41, 5.74) is 1.08. The Labute approximate surface area is 121 Å². The van der Waals surface area contributed by atoms with Gasteiger partial charge in [0.15, 0.2) is 0 Å². The first-order chi connectivity index (χ1) is 9.60. The fourth-order valence-electron chi connectivity index (χ4n) is 2.43. The molecule has 1 aromatic heterocycles. The Balaban J connectivity index is 1.79. The molecule has 2 rings (SSSR count). The molecule has 0 bridgehead atoms. The zero-order valence-electron chi connectivity index (χ0n) is 12.5. The average Bonchev–Trinajstić information content (AvgIpc) is 2.37. The number of hydrogen-bond donors (Lipinski definition) is 1. The smallest absolute Gasteiger partial charge is 0.317 e. The molecule has 0 aromatic carbocycles. The summed E-state index contributed by atoms with van der Waals surface area (Å²) in [6, 6.07) is 6.20. The zero-order chi connectivity index (χ0) is 14.5. The van der Waals surface area contributed by atoms with Crippen molar-refractivity contribution in [3.8, 4) is 0 Å². The lowest BCUT2D eigenvalue weighted by Crippen LogP contribution is -2.55. The Morgan fingerprint density at radius 3 is 2.80 bits per heavy atom. The van der Waals surface area contributed by atoms with E-state index in [1.165, 1.54) is 0 Å². The second-order valence-electron chi connectivity index (χ2n) is 5.67. The third kappa shape index (κ3) is 3.70. The van der Waals surface area contributed by atoms with Crippen molar-refractivity contribution in [2.45, 2.75) is 25.3 Å². The summed E-state index contributed by atoms with van der Waals surface area (Å²) in [5, 5.41) is 3.10. The molecular weight excluding hydrogens is 252 g/mol. The van der Waals surface area contributed by atoms with Crippen LogP contribution in [0, 0.1) is 0 Å². The predicted molar refractivity (Wildman–Crippen MR) is 79.7 cm³/mol. The van der Waals surface area contributed by atoms with E-state index in [2.05, 4.69) is 22.1 Å². The number of amides is 2. The molecule has 0 saturated carbocycles. The van der Waals surface area contributed by atoms with Crippen LogP contribution in [0.1, 0.15) is 25.0 Å². The van der Waals surface area contributed by atoms with Gasteiger partial charge in [-0.25, -0.2) is 4.79 Å².